The minimum Gasteiger partial charge on any atom is -0.482 e. The summed E-state index contributed by atoms with van der Waals surface area (Å²) < 4.78 is 16.6. The maximum Gasteiger partial charge on any atom is 0.197 e. The second-order valence-electron chi connectivity index (χ2n) is 4.34. The minimum absolute atomic E-state index is 0.231. The van der Waals surface area contributed by atoms with Crippen molar-refractivity contribution in [3.8, 4) is 5.75 Å². The van der Waals surface area contributed by atoms with Crippen LogP contribution < -0.4 is 10.5 Å². The van der Waals surface area contributed by atoms with Crippen LogP contribution in [0.2, 0.25) is 0 Å². The molecule has 2 fully saturated rings. The predicted octanol–water partition coefficient (Wildman–Crippen LogP) is -0.123. The summed E-state index contributed by atoms with van der Waals surface area (Å²) in [6.45, 7) is 0.414. The smallest absolute Gasteiger partial charge is 0.197 e. The molecule has 0 spiro atoms. The number of benzene rings is 1. The highest BCUT2D eigenvalue weighted by molar-refractivity contribution is 5.22. The summed E-state index contributed by atoms with van der Waals surface area (Å²) in [7, 11) is 0. The molecular weight excluding hydrogens is 222 g/mol. The molecular formula is C12H15NO4. The van der Waals surface area contributed by atoms with Gasteiger partial charge in [-0.1, -0.05) is 18.2 Å². The number of ether oxygens (including phenoxy) is 3. The topological polar surface area (TPSA) is 73.9 Å². The Morgan fingerprint density at radius 2 is 2.06 bits per heavy atom. The molecule has 5 atom stereocenters. The van der Waals surface area contributed by atoms with Crippen molar-refractivity contribution >= 4 is 0 Å². The average Bonchev–Trinajstić information content (AvgIpc) is 2.80. The number of rotatable bonds is 2. The summed E-state index contributed by atoms with van der Waals surface area (Å²) in [5, 5.41) is 10.1. The van der Waals surface area contributed by atoms with Gasteiger partial charge in [-0.05, 0) is 12.1 Å². The van der Waals surface area contributed by atoms with Crippen molar-refractivity contribution in [2.75, 3.05) is 6.61 Å². The van der Waals surface area contributed by atoms with Crippen molar-refractivity contribution in [1.29, 1.82) is 0 Å². The Kier molecular flexibility index (Phi) is 2.76. The van der Waals surface area contributed by atoms with Crippen molar-refractivity contribution in [3.05, 3.63) is 30.3 Å². The van der Waals surface area contributed by atoms with Crippen LogP contribution in [0.5, 0.6) is 5.75 Å². The van der Waals surface area contributed by atoms with Gasteiger partial charge in [0, 0.05) is 0 Å². The fourth-order valence-corrected chi connectivity index (χ4v) is 2.20. The van der Waals surface area contributed by atoms with E-state index in [0.717, 1.165) is 0 Å². The molecule has 2 aliphatic heterocycles. The summed E-state index contributed by atoms with van der Waals surface area (Å²) in [6.07, 6.45) is -2.12. The Morgan fingerprint density at radius 3 is 2.82 bits per heavy atom. The second-order valence-corrected chi connectivity index (χ2v) is 4.34. The van der Waals surface area contributed by atoms with Gasteiger partial charge in [-0.15, -0.1) is 0 Å². The number of nitrogens with two attached hydrogens (primary N) is 1. The third kappa shape index (κ3) is 1.91. The molecule has 0 radical (unpaired) electrons. The summed E-state index contributed by atoms with van der Waals surface area (Å²) >= 11 is 0. The highest BCUT2D eigenvalue weighted by Crippen LogP contribution is 2.29. The predicted molar refractivity (Wildman–Crippen MR) is 59.5 cm³/mol. The lowest BCUT2D eigenvalue weighted by Crippen LogP contribution is -2.59. The van der Waals surface area contributed by atoms with Crippen LogP contribution in [0.15, 0.2) is 30.3 Å². The standard InChI is InChI=1S/C12H15NO4/c13-9-8-6-15-12(17-8)11(10(9)14)16-7-4-2-1-3-5-7/h1-5,8-12,14H,6,13H2. The van der Waals surface area contributed by atoms with E-state index < -0.39 is 24.5 Å². The van der Waals surface area contributed by atoms with E-state index >= 15 is 0 Å². The van der Waals surface area contributed by atoms with Gasteiger partial charge in [-0.3, -0.25) is 0 Å². The monoisotopic (exact) mass is 237 g/mol. The lowest BCUT2D eigenvalue weighted by Gasteiger charge is -2.36. The Bertz CT molecular complexity index is 385. The van der Waals surface area contributed by atoms with E-state index in [1.807, 2.05) is 30.3 Å². The minimum atomic E-state index is -0.776. The van der Waals surface area contributed by atoms with E-state index in [1.54, 1.807) is 0 Å². The first kappa shape index (κ1) is 11.0. The highest BCUT2D eigenvalue weighted by Gasteiger charge is 2.50. The summed E-state index contributed by atoms with van der Waals surface area (Å²) in [4.78, 5) is 0. The van der Waals surface area contributed by atoms with Crippen LogP contribution >= 0.6 is 0 Å². The van der Waals surface area contributed by atoms with Gasteiger partial charge >= 0.3 is 0 Å². The van der Waals surface area contributed by atoms with E-state index in [9.17, 15) is 5.11 Å². The molecule has 17 heavy (non-hydrogen) atoms. The van der Waals surface area contributed by atoms with Crippen molar-refractivity contribution in [3.63, 3.8) is 0 Å². The van der Waals surface area contributed by atoms with Crippen LogP contribution in [0.4, 0.5) is 0 Å². The van der Waals surface area contributed by atoms with Crippen LogP contribution in [-0.2, 0) is 9.47 Å². The first-order valence-electron chi connectivity index (χ1n) is 5.68. The first-order valence-corrected chi connectivity index (χ1v) is 5.68. The van der Waals surface area contributed by atoms with Gasteiger partial charge in [0.15, 0.2) is 12.4 Å². The van der Waals surface area contributed by atoms with Crippen LogP contribution in [0, 0.1) is 0 Å². The number of aliphatic hydroxyl groups excluding tert-OH is 1. The fourth-order valence-electron chi connectivity index (χ4n) is 2.20. The number of para-hydroxylation sites is 1. The third-order valence-electron chi connectivity index (χ3n) is 3.18. The second kappa shape index (κ2) is 4.27. The van der Waals surface area contributed by atoms with E-state index in [1.165, 1.54) is 0 Å². The molecule has 5 unspecified atom stereocenters. The molecule has 5 nitrogen and oxygen atoms in total. The van der Waals surface area contributed by atoms with E-state index in [-0.39, 0.29) is 6.10 Å². The zero-order chi connectivity index (χ0) is 11.8. The molecule has 1 aromatic carbocycles. The molecule has 2 aliphatic rings. The molecule has 0 amide bonds. The van der Waals surface area contributed by atoms with Gasteiger partial charge in [0.1, 0.15) is 18.0 Å². The molecule has 0 saturated carbocycles. The zero-order valence-corrected chi connectivity index (χ0v) is 9.23. The molecule has 2 saturated heterocycles. The number of fused-ring (bicyclic) bond motifs is 2. The molecule has 2 bridgehead atoms. The van der Waals surface area contributed by atoms with Crippen LogP contribution in [0.25, 0.3) is 0 Å². The van der Waals surface area contributed by atoms with Crippen molar-refractivity contribution in [1.82, 2.24) is 0 Å². The molecule has 3 rings (SSSR count). The lowest BCUT2D eigenvalue weighted by atomic mass is 9.99. The summed E-state index contributed by atoms with van der Waals surface area (Å²) in [5.41, 5.74) is 5.87. The SMILES string of the molecule is NC1C2COC(O2)C(Oc2ccccc2)C1O. The lowest BCUT2D eigenvalue weighted by molar-refractivity contribution is -0.189. The van der Waals surface area contributed by atoms with Crippen LogP contribution in [-0.4, -0.2) is 42.4 Å². The Balaban J connectivity index is 1.78. The van der Waals surface area contributed by atoms with Crippen molar-refractivity contribution < 1.29 is 19.3 Å². The average molecular weight is 237 g/mol. The van der Waals surface area contributed by atoms with E-state index in [0.29, 0.717) is 12.4 Å². The Hall–Kier alpha value is -1.14. The number of hydrogen-bond donors (Lipinski definition) is 2. The quantitative estimate of drug-likeness (QED) is 0.750. The molecule has 1 aromatic rings. The Morgan fingerprint density at radius 1 is 1.29 bits per heavy atom. The molecule has 3 N–H and O–H groups in total. The third-order valence-corrected chi connectivity index (χ3v) is 3.18. The van der Waals surface area contributed by atoms with Gasteiger partial charge in [-0.25, -0.2) is 0 Å². The number of hydrogen-bond acceptors (Lipinski definition) is 5. The fraction of sp³-hybridized carbons (Fsp3) is 0.500. The molecule has 0 aromatic heterocycles. The van der Waals surface area contributed by atoms with Gasteiger partial charge < -0.3 is 25.1 Å². The van der Waals surface area contributed by atoms with Crippen molar-refractivity contribution in [2.45, 2.75) is 30.6 Å². The molecule has 5 heteroatoms. The summed E-state index contributed by atoms with van der Waals surface area (Å²) in [6, 6.07) is 8.79. The van der Waals surface area contributed by atoms with E-state index in [2.05, 4.69) is 0 Å². The van der Waals surface area contributed by atoms with Crippen molar-refractivity contribution in [2.24, 2.45) is 5.73 Å². The van der Waals surface area contributed by atoms with Gasteiger partial charge in [0.2, 0.25) is 0 Å². The largest absolute Gasteiger partial charge is 0.482 e. The Labute approximate surface area is 99.1 Å². The van der Waals surface area contributed by atoms with Crippen LogP contribution in [0.1, 0.15) is 0 Å². The van der Waals surface area contributed by atoms with Gasteiger partial charge in [0.05, 0.1) is 12.6 Å². The first-order chi connectivity index (χ1) is 8.25. The molecule has 2 heterocycles. The van der Waals surface area contributed by atoms with Gasteiger partial charge in [-0.2, -0.15) is 0 Å². The molecule has 0 aliphatic carbocycles. The zero-order valence-electron chi connectivity index (χ0n) is 9.23. The maximum atomic E-state index is 10.1. The maximum absolute atomic E-state index is 10.1. The summed E-state index contributed by atoms with van der Waals surface area (Å²) in [5.74, 6) is 0.668. The van der Waals surface area contributed by atoms with Crippen LogP contribution in [0.3, 0.4) is 0 Å². The number of aliphatic hydroxyl groups is 1. The normalized spacial score (nSPS) is 40.2. The van der Waals surface area contributed by atoms with Gasteiger partial charge in [0.25, 0.3) is 0 Å². The highest BCUT2D eigenvalue weighted by atomic mass is 16.7. The molecule has 92 valence electrons. The van der Waals surface area contributed by atoms with E-state index in [4.69, 9.17) is 19.9 Å².